The highest BCUT2D eigenvalue weighted by Gasteiger charge is 2.32. The lowest BCUT2D eigenvalue weighted by Gasteiger charge is -2.16. The lowest BCUT2D eigenvalue weighted by atomic mass is 10.2. The molecule has 1 aliphatic rings. The van der Waals surface area contributed by atoms with Crippen molar-refractivity contribution in [1.82, 2.24) is 4.57 Å². The number of methoxy groups -OCH3 is 1. The maximum Gasteiger partial charge on any atom is 0.254 e. The van der Waals surface area contributed by atoms with Crippen LogP contribution < -0.4 is 5.32 Å². The fourth-order valence-electron chi connectivity index (χ4n) is 3.46. The predicted molar refractivity (Wildman–Crippen MR) is 105 cm³/mol. The van der Waals surface area contributed by atoms with Crippen molar-refractivity contribution in [2.45, 2.75) is 49.1 Å². The van der Waals surface area contributed by atoms with Crippen molar-refractivity contribution in [2.24, 2.45) is 0 Å². The Morgan fingerprint density at radius 1 is 1.31 bits per heavy atom. The average molecular weight is 424 g/mol. The van der Waals surface area contributed by atoms with E-state index in [4.69, 9.17) is 9.47 Å². The van der Waals surface area contributed by atoms with Gasteiger partial charge in [0.1, 0.15) is 22.6 Å². The molecule has 7 nitrogen and oxygen atoms in total. The Balaban J connectivity index is 2.11. The fourth-order valence-corrected chi connectivity index (χ4v) is 5.16. The average Bonchev–Trinajstić information content (AvgIpc) is 3.29. The van der Waals surface area contributed by atoms with Crippen LogP contribution in [0.15, 0.2) is 34.1 Å². The highest BCUT2D eigenvalue weighted by atomic mass is 32.2. The van der Waals surface area contributed by atoms with Crippen molar-refractivity contribution >= 4 is 21.6 Å². The summed E-state index contributed by atoms with van der Waals surface area (Å²) in [6.45, 7) is 4.69. The molecule has 9 heteroatoms. The molecule has 1 saturated heterocycles. The Morgan fingerprint density at radius 2 is 2.00 bits per heavy atom. The van der Waals surface area contributed by atoms with Gasteiger partial charge in [0.15, 0.2) is 0 Å². The molecular weight excluding hydrogens is 399 g/mol. The Labute approximate surface area is 169 Å². The molecule has 0 unspecified atom stereocenters. The first-order valence-electron chi connectivity index (χ1n) is 9.39. The molecule has 1 aromatic carbocycles. The number of benzene rings is 1. The number of ether oxygens (including phenoxy) is 2. The number of rotatable bonds is 7. The van der Waals surface area contributed by atoms with Gasteiger partial charge in [0.2, 0.25) is 9.84 Å². The molecule has 1 aliphatic heterocycles. The van der Waals surface area contributed by atoms with Gasteiger partial charge in [0.25, 0.3) is 5.91 Å². The van der Waals surface area contributed by atoms with Gasteiger partial charge in [-0.1, -0.05) is 0 Å². The Bertz CT molecular complexity index is 993. The SMILES string of the molecule is COCCn1c(C)c(C)c(S(=O)(=O)c2ccc(F)cc2)c1NC(=O)[C@@H]1CCCO1. The zero-order chi connectivity index (χ0) is 21.2. The molecule has 2 heterocycles. The minimum absolute atomic E-state index is 0.00376. The number of halogens is 1. The summed E-state index contributed by atoms with van der Waals surface area (Å²) in [5, 5.41) is 2.77. The van der Waals surface area contributed by atoms with Crippen LogP contribution in [-0.4, -0.2) is 45.3 Å². The third-order valence-corrected chi connectivity index (χ3v) is 7.08. The van der Waals surface area contributed by atoms with Gasteiger partial charge < -0.3 is 19.4 Å². The van der Waals surface area contributed by atoms with Crippen LogP contribution in [0.2, 0.25) is 0 Å². The van der Waals surface area contributed by atoms with Crippen molar-refractivity contribution in [3.05, 3.63) is 41.3 Å². The van der Waals surface area contributed by atoms with Gasteiger partial charge in [-0.2, -0.15) is 0 Å². The highest BCUT2D eigenvalue weighted by molar-refractivity contribution is 7.91. The second-order valence-electron chi connectivity index (χ2n) is 6.98. The molecule has 0 spiro atoms. The van der Waals surface area contributed by atoms with E-state index >= 15 is 0 Å². The molecule has 0 bridgehead atoms. The quantitative estimate of drug-likeness (QED) is 0.691. The molecule has 1 aromatic heterocycles. The topological polar surface area (TPSA) is 86.6 Å². The molecular formula is C20H25FN2O5S. The van der Waals surface area contributed by atoms with Gasteiger partial charge in [-0.25, -0.2) is 12.8 Å². The van der Waals surface area contributed by atoms with E-state index in [2.05, 4.69) is 5.32 Å². The van der Waals surface area contributed by atoms with E-state index in [-0.39, 0.29) is 21.5 Å². The third-order valence-electron chi connectivity index (χ3n) is 5.15. The van der Waals surface area contributed by atoms with Gasteiger partial charge in [-0.3, -0.25) is 4.79 Å². The summed E-state index contributed by atoms with van der Waals surface area (Å²) in [6, 6.07) is 4.64. The minimum atomic E-state index is -4.00. The largest absolute Gasteiger partial charge is 0.383 e. The van der Waals surface area contributed by atoms with Crippen LogP contribution in [0.3, 0.4) is 0 Å². The summed E-state index contributed by atoms with van der Waals surface area (Å²) < 4.78 is 52.4. The molecule has 1 N–H and O–H groups in total. The molecule has 0 aliphatic carbocycles. The number of sulfone groups is 1. The predicted octanol–water partition coefficient (Wildman–Crippen LogP) is 2.84. The summed E-state index contributed by atoms with van der Waals surface area (Å²) >= 11 is 0. The Hall–Kier alpha value is -2.23. The van der Waals surface area contributed by atoms with Crippen LogP contribution >= 0.6 is 0 Å². The number of carbonyl (C=O) groups is 1. The first-order valence-corrected chi connectivity index (χ1v) is 10.9. The molecule has 1 atom stereocenters. The number of nitrogens with one attached hydrogen (secondary N) is 1. The first-order chi connectivity index (χ1) is 13.8. The number of aromatic nitrogens is 1. The van der Waals surface area contributed by atoms with Gasteiger partial charge in [0, 0.05) is 26.0 Å². The van der Waals surface area contributed by atoms with E-state index in [0.717, 1.165) is 18.6 Å². The van der Waals surface area contributed by atoms with Crippen LogP contribution in [0.25, 0.3) is 0 Å². The number of carbonyl (C=O) groups excluding carboxylic acids is 1. The number of amides is 1. The lowest BCUT2D eigenvalue weighted by molar-refractivity contribution is -0.124. The van der Waals surface area contributed by atoms with Gasteiger partial charge in [-0.15, -0.1) is 0 Å². The molecule has 29 heavy (non-hydrogen) atoms. The Morgan fingerprint density at radius 3 is 2.59 bits per heavy atom. The maximum absolute atomic E-state index is 13.4. The summed E-state index contributed by atoms with van der Waals surface area (Å²) in [7, 11) is -2.45. The molecule has 158 valence electrons. The van der Waals surface area contributed by atoms with E-state index < -0.39 is 21.8 Å². The molecule has 0 radical (unpaired) electrons. The van der Waals surface area contributed by atoms with Gasteiger partial charge >= 0.3 is 0 Å². The molecule has 1 fully saturated rings. The number of anilines is 1. The molecule has 2 aromatic rings. The van der Waals surface area contributed by atoms with Crippen molar-refractivity contribution in [1.29, 1.82) is 0 Å². The van der Waals surface area contributed by atoms with Crippen molar-refractivity contribution in [3.63, 3.8) is 0 Å². The van der Waals surface area contributed by atoms with Gasteiger partial charge in [0.05, 0.1) is 11.5 Å². The lowest BCUT2D eigenvalue weighted by Crippen LogP contribution is -2.29. The number of hydrogen-bond donors (Lipinski definition) is 1. The van der Waals surface area contributed by atoms with Crippen LogP contribution in [-0.2, 0) is 30.7 Å². The van der Waals surface area contributed by atoms with E-state index in [9.17, 15) is 17.6 Å². The first kappa shape index (κ1) is 21.5. The highest BCUT2D eigenvalue weighted by Crippen LogP contribution is 2.35. The summed E-state index contributed by atoms with van der Waals surface area (Å²) in [5.41, 5.74) is 1.22. The smallest absolute Gasteiger partial charge is 0.254 e. The normalized spacial score (nSPS) is 16.9. The standard InChI is InChI=1S/C20H25FN2O5S/c1-13-14(2)23(10-12-27-3)19(22-20(24)17-5-4-11-28-17)18(13)29(25,26)16-8-6-15(21)7-9-16/h6-9,17H,4-5,10-12H2,1-3H3,(H,22,24)/t17-/m0/s1. The molecule has 0 saturated carbocycles. The fraction of sp³-hybridized carbons (Fsp3) is 0.450. The van der Waals surface area contributed by atoms with E-state index in [0.29, 0.717) is 37.4 Å². The van der Waals surface area contributed by atoms with Crippen LogP contribution in [0.4, 0.5) is 10.2 Å². The van der Waals surface area contributed by atoms with E-state index in [1.165, 1.54) is 12.1 Å². The maximum atomic E-state index is 13.4. The van der Waals surface area contributed by atoms with Crippen molar-refractivity contribution in [2.75, 3.05) is 25.6 Å². The van der Waals surface area contributed by atoms with Crippen LogP contribution in [0.5, 0.6) is 0 Å². The third kappa shape index (κ3) is 4.22. The van der Waals surface area contributed by atoms with E-state index in [1.54, 1.807) is 25.5 Å². The molecule has 3 rings (SSSR count). The van der Waals surface area contributed by atoms with Gasteiger partial charge in [-0.05, 0) is 56.5 Å². The monoisotopic (exact) mass is 424 g/mol. The number of hydrogen-bond acceptors (Lipinski definition) is 5. The zero-order valence-electron chi connectivity index (χ0n) is 16.7. The number of nitrogens with zero attached hydrogens (tertiary/aromatic N) is 1. The van der Waals surface area contributed by atoms with Crippen molar-refractivity contribution < 1.29 is 27.1 Å². The zero-order valence-corrected chi connectivity index (χ0v) is 17.5. The summed E-state index contributed by atoms with van der Waals surface area (Å²) in [4.78, 5) is 12.7. The second kappa shape index (κ2) is 8.64. The summed E-state index contributed by atoms with van der Waals surface area (Å²) in [5.74, 6) is -0.725. The minimum Gasteiger partial charge on any atom is -0.383 e. The van der Waals surface area contributed by atoms with Crippen LogP contribution in [0.1, 0.15) is 24.1 Å². The molecule has 1 amide bonds. The second-order valence-corrected chi connectivity index (χ2v) is 8.87. The van der Waals surface area contributed by atoms with Crippen molar-refractivity contribution in [3.8, 4) is 0 Å². The summed E-state index contributed by atoms with van der Waals surface area (Å²) in [6.07, 6.45) is 0.757. The van der Waals surface area contributed by atoms with Crippen LogP contribution in [0, 0.1) is 19.7 Å². The Kier molecular flexibility index (Phi) is 6.40. The van der Waals surface area contributed by atoms with E-state index in [1.807, 2.05) is 0 Å².